The van der Waals surface area contributed by atoms with Crippen molar-refractivity contribution in [3.63, 3.8) is 0 Å². The van der Waals surface area contributed by atoms with Crippen LogP contribution in [0, 0.1) is 6.92 Å². The second-order valence-electron chi connectivity index (χ2n) is 7.14. The number of carbonyl (C=O) groups is 3. The molecule has 7 nitrogen and oxygen atoms in total. The van der Waals surface area contributed by atoms with E-state index >= 15 is 0 Å². The third kappa shape index (κ3) is 5.88. The summed E-state index contributed by atoms with van der Waals surface area (Å²) in [5, 5.41) is 5.73. The zero-order valence-electron chi connectivity index (χ0n) is 17.6. The molecule has 0 spiro atoms. The molecule has 0 fully saturated rings. The molecule has 2 aromatic carbocycles. The number of fused-ring (bicyclic) bond motifs is 1. The zero-order valence-corrected chi connectivity index (χ0v) is 17.6. The number of nitrogens with zero attached hydrogens (tertiary/aromatic N) is 1. The third-order valence-electron chi connectivity index (χ3n) is 4.64. The number of esters is 1. The first kappa shape index (κ1) is 22.0. The Bertz CT molecular complexity index is 1090. The number of pyridine rings is 1. The lowest BCUT2D eigenvalue weighted by atomic mass is 10.0. The van der Waals surface area contributed by atoms with E-state index in [0.29, 0.717) is 28.7 Å². The van der Waals surface area contributed by atoms with Crippen molar-refractivity contribution in [2.75, 3.05) is 19.7 Å². The van der Waals surface area contributed by atoms with E-state index in [-0.39, 0.29) is 12.5 Å². The minimum atomic E-state index is -0.627. The summed E-state index contributed by atoms with van der Waals surface area (Å²) in [4.78, 5) is 41.0. The molecular weight excluding hydrogens is 394 g/mol. The Labute approximate surface area is 180 Å². The van der Waals surface area contributed by atoms with Gasteiger partial charge in [-0.3, -0.25) is 9.59 Å². The summed E-state index contributed by atoms with van der Waals surface area (Å²) in [5.74, 6) is -1.46. The van der Waals surface area contributed by atoms with E-state index in [1.165, 1.54) is 0 Å². The average molecular weight is 419 g/mol. The monoisotopic (exact) mass is 419 g/mol. The molecule has 2 amide bonds. The van der Waals surface area contributed by atoms with Crippen LogP contribution in [0.1, 0.15) is 29.3 Å². The summed E-state index contributed by atoms with van der Waals surface area (Å²) < 4.78 is 5.21. The summed E-state index contributed by atoms with van der Waals surface area (Å²) in [6.07, 6.45) is 0.807. The van der Waals surface area contributed by atoms with Crippen molar-refractivity contribution in [3.05, 3.63) is 65.7 Å². The fourth-order valence-corrected chi connectivity index (χ4v) is 2.98. The minimum Gasteiger partial charge on any atom is -0.452 e. The number of nitrogens with one attached hydrogen (secondary N) is 2. The molecule has 3 aromatic rings. The Morgan fingerprint density at radius 1 is 0.968 bits per heavy atom. The van der Waals surface area contributed by atoms with Crippen LogP contribution in [0.5, 0.6) is 0 Å². The lowest BCUT2D eigenvalue weighted by Crippen LogP contribution is -2.38. The van der Waals surface area contributed by atoms with E-state index in [9.17, 15) is 14.4 Å². The van der Waals surface area contributed by atoms with E-state index in [4.69, 9.17) is 4.74 Å². The predicted molar refractivity (Wildman–Crippen MR) is 119 cm³/mol. The highest BCUT2D eigenvalue weighted by Crippen LogP contribution is 2.25. The van der Waals surface area contributed by atoms with Gasteiger partial charge in [-0.1, -0.05) is 55.0 Å². The topological polar surface area (TPSA) is 97.4 Å². The quantitative estimate of drug-likeness (QED) is 0.547. The summed E-state index contributed by atoms with van der Waals surface area (Å²) in [5.41, 5.74) is 3.63. The molecule has 0 atom stereocenters. The molecule has 3 rings (SSSR count). The second-order valence-corrected chi connectivity index (χ2v) is 7.14. The SMILES string of the molecule is CCCNC(=O)CNC(=O)COC(=O)c1cc(-c2ccc(C)cc2)nc2ccccc12. The Morgan fingerprint density at radius 3 is 2.45 bits per heavy atom. The molecule has 160 valence electrons. The van der Waals surface area contributed by atoms with Crippen LogP contribution in [0.25, 0.3) is 22.2 Å². The van der Waals surface area contributed by atoms with E-state index in [1.807, 2.05) is 56.3 Å². The molecule has 0 aliphatic carbocycles. The van der Waals surface area contributed by atoms with Gasteiger partial charge in [0.1, 0.15) is 0 Å². The molecule has 1 aromatic heterocycles. The smallest absolute Gasteiger partial charge is 0.339 e. The fraction of sp³-hybridized carbons (Fsp3) is 0.250. The number of hydrogen-bond donors (Lipinski definition) is 2. The number of carbonyl (C=O) groups excluding carboxylic acids is 3. The van der Waals surface area contributed by atoms with Crippen LogP contribution in [0.3, 0.4) is 0 Å². The molecule has 0 unspecified atom stereocenters. The van der Waals surface area contributed by atoms with Crippen molar-refractivity contribution < 1.29 is 19.1 Å². The highest BCUT2D eigenvalue weighted by Gasteiger charge is 2.17. The molecule has 0 saturated carbocycles. The Hall–Kier alpha value is -3.74. The van der Waals surface area contributed by atoms with Crippen LogP contribution in [0.2, 0.25) is 0 Å². The molecule has 0 aliphatic rings. The fourth-order valence-electron chi connectivity index (χ4n) is 2.98. The van der Waals surface area contributed by atoms with Crippen LogP contribution in [0.15, 0.2) is 54.6 Å². The van der Waals surface area contributed by atoms with Crippen molar-refractivity contribution in [1.82, 2.24) is 15.6 Å². The van der Waals surface area contributed by atoms with Gasteiger partial charge in [0.15, 0.2) is 6.61 Å². The normalized spacial score (nSPS) is 10.5. The lowest BCUT2D eigenvalue weighted by Gasteiger charge is -2.11. The second kappa shape index (κ2) is 10.3. The van der Waals surface area contributed by atoms with Crippen molar-refractivity contribution in [2.45, 2.75) is 20.3 Å². The number of rotatable bonds is 8. The van der Waals surface area contributed by atoms with Gasteiger partial charge in [-0.05, 0) is 25.5 Å². The Morgan fingerprint density at radius 2 is 1.71 bits per heavy atom. The number of amides is 2. The Kier molecular flexibility index (Phi) is 7.32. The number of aryl methyl sites for hydroxylation is 1. The predicted octanol–water partition coefficient (Wildman–Crippen LogP) is 3.01. The van der Waals surface area contributed by atoms with Gasteiger partial charge in [-0.2, -0.15) is 0 Å². The molecule has 0 saturated heterocycles. The van der Waals surface area contributed by atoms with E-state index in [0.717, 1.165) is 17.5 Å². The van der Waals surface area contributed by atoms with E-state index in [2.05, 4.69) is 15.6 Å². The Balaban J connectivity index is 1.73. The maximum absolute atomic E-state index is 12.8. The molecule has 0 radical (unpaired) electrons. The minimum absolute atomic E-state index is 0.161. The number of hydrogen-bond acceptors (Lipinski definition) is 5. The maximum Gasteiger partial charge on any atom is 0.339 e. The highest BCUT2D eigenvalue weighted by molar-refractivity contribution is 6.05. The van der Waals surface area contributed by atoms with Crippen molar-refractivity contribution in [1.29, 1.82) is 0 Å². The summed E-state index contributed by atoms with van der Waals surface area (Å²) in [7, 11) is 0. The molecular formula is C24H25N3O4. The van der Waals surface area contributed by atoms with Crippen LogP contribution >= 0.6 is 0 Å². The number of para-hydroxylation sites is 1. The molecule has 0 bridgehead atoms. The van der Waals surface area contributed by atoms with Gasteiger partial charge in [0.05, 0.1) is 23.3 Å². The first-order valence-corrected chi connectivity index (χ1v) is 10.1. The number of benzene rings is 2. The summed E-state index contributed by atoms with van der Waals surface area (Å²) in [6.45, 7) is 3.84. The van der Waals surface area contributed by atoms with Gasteiger partial charge in [-0.15, -0.1) is 0 Å². The van der Waals surface area contributed by atoms with E-state index in [1.54, 1.807) is 12.1 Å². The van der Waals surface area contributed by atoms with Gasteiger partial charge in [0.2, 0.25) is 5.91 Å². The van der Waals surface area contributed by atoms with Crippen LogP contribution in [0.4, 0.5) is 0 Å². The average Bonchev–Trinajstić information content (AvgIpc) is 2.79. The third-order valence-corrected chi connectivity index (χ3v) is 4.64. The lowest BCUT2D eigenvalue weighted by molar-refractivity contribution is -0.127. The number of ether oxygens (including phenoxy) is 1. The van der Waals surface area contributed by atoms with Crippen molar-refractivity contribution in [2.24, 2.45) is 0 Å². The van der Waals surface area contributed by atoms with Gasteiger partial charge >= 0.3 is 5.97 Å². The van der Waals surface area contributed by atoms with Gasteiger partial charge in [0, 0.05) is 17.5 Å². The molecule has 31 heavy (non-hydrogen) atoms. The molecule has 2 N–H and O–H groups in total. The first-order valence-electron chi connectivity index (χ1n) is 10.1. The molecule has 7 heteroatoms. The van der Waals surface area contributed by atoms with Crippen LogP contribution in [-0.2, 0) is 14.3 Å². The first-order chi connectivity index (χ1) is 15.0. The van der Waals surface area contributed by atoms with Gasteiger partial charge < -0.3 is 15.4 Å². The van der Waals surface area contributed by atoms with Crippen molar-refractivity contribution in [3.8, 4) is 11.3 Å². The highest BCUT2D eigenvalue weighted by atomic mass is 16.5. The van der Waals surface area contributed by atoms with Gasteiger partial charge in [-0.25, -0.2) is 9.78 Å². The zero-order chi connectivity index (χ0) is 22.2. The summed E-state index contributed by atoms with van der Waals surface area (Å²) in [6, 6.07) is 16.8. The standard InChI is InChI=1S/C24H25N3O4/c1-3-12-25-22(28)14-26-23(29)15-31-24(30)19-13-21(17-10-8-16(2)9-11-17)27-20-7-5-4-6-18(19)20/h4-11,13H,3,12,14-15H2,1-2H3,(H,25,28)(H,26,29). The largest absolute Gasteiger partial charge is 0.452 e. The molecule has 0 aliphatic heterocycles. The van der Waals surface area contributed by atoms with Gasteiger partial charge in [0.25, 0.3) is 5.91 Å². The molecule has 1 heterocycles. The van der Waals surface area contributed by atoms with Crippen LogP contribution in [-0.4, -0.2) is 42.5 Å². The van der Waals surface area contributed by atoms with Crippen molar-refractivity contribution >= 4 is 28.7 Å². The van der Waals surface area contributed by atoms with Crippen LogP contribution < -0.4 is 10.6 Å². The maximum atomic E-state index is 12.8. The number of aromatic nitrogens is 1. The van der Waals surface area contributed by atoms with E-state index < -0.39 is 18.5 Å². The summed E-state index contributed by atoms with van der Waals surface area (Å²) >= 11 is 0.